The molecule has 0 aliphatic rings. The lowest BCUT2D eigenvalue weighted by Gasteiger charge is -2.18. The fourth-order valence-corrected chi connectivity index (χ4v) is 6.26. The third-order valence-corrected chi connectivity index (χ3v) is 8.99. The molecular weight excluding hydrogens is 733 g/mol. The number of sulfonamides is 1. The maximum Gasteiger partial charge on any atom is 0.242 e. The van der Waals surface area contributed by atoms with E-state index in [-0.39, 0.29) is 11.3 Å². The van der Waals surface area contributed by atoms with Crippen molar-refractivity contribution in [1.82, 2.24) is 10.1 Å². The van der Waals surface area contributed by atoms with Crippen LogP contribution < -0.4 is 19.6 Å². The van der Waals surface area contributed by atoms with E-state index in [1.165, 1.54) is 18.3 Å². The zero-order valence-corrected chi connectivity index (χ0v) is 27.4. The van der Waals surface area contributed by atoms with E-state index < -0.39 is 22.0 Å². The number of carbonyl (C=O) groups is 1. The average Bonchev–Trinajstić information content (AvgIpc) is 2.97. The number of rotatable bonds is 12. The molecule has 1 amide bonds. The third kappa shape index (κ3) is 8.87. The van der Waals surface area contributed by atoms with Crippen molar-refractivity contribution in [2.24, 2.45) is 5.10 Å². The van der Waals surface area contributed by atoms with E-state index in [0.717, 1.165) is 19.2 Å². The number of carbonyl (C=O) groups excluding carboxylic acids is 1. The Labute approximate surface area is 267 Å². The molecule has 0 spiro atoms. The van der Waals surface area contributed by atoms with E-state index in [1.54, 1.807) is 49.6 Å². The molecule has 0 heterocycles. The molecule has 8 nitrogen and oxygen atoms in total. The minimum atomic E-state index is -3.87. The molecule has 1 atom stereocenters. The molecular formula is C31H29BrIN3O5S. The minimum Gasteiger partial charge on any atom is -0.493 e. The molecule has 4 aromatic carbocycles. The first-order chi connectivity index (χ1) is 20.1. The van der Waals surface area contributed by atoms with Crippen LogP contribution in [0.15, 0.2) is 105 Å². The van der Waals surface area contributed by atoms with Gasteiger partial charge in [0.1, 0.15) is 6.61 Å². The van der Waals surface area contributed by atoms with E-state index in [1.807, 2.05) is 43.3 Å². The molecule has 0 radical (unpaired) electrons. The Hall–Kier alpha value is -3.26. The summed E-state index contributed by atoms with van der Waals surface area (Å²) < 4.78 is 42.2. The van der Waals surface area contributed by atoms with Gasteiger partial charge in [0.2, 0.25) is 15.9 Å². The van der Waals surface area contributed by atoms with E-state index in [9.17, 15) is 13.2 Å². The number of amides is 1. The van der Waals surface area contributed by atoms with Crippen molar-refractivity contribution in [2.75, 3.05) is 7.11 Å². The maximum atomic E-state index is 13.1. The van der Waals surface area contributed by atoms with Gasteiger partial charge < -0.3 is 9.47 Å². The second kappa shape index (κ2) is 14.8. The van der Waals surface area contributed by atoms with Crippen molar-refractivity contribution >= 4 is 60.7 Å². The summed E-state index contributed by atoms with van der Waals surface area (Å²) in [5.74, 6) is 0.679. The van der Waals surface area contributed by atoms with Crippen LogP contribution in [0.3, 0.4) is 0 Å². The lowest BCUT2D eigenvalue weighted by molar-refractivity contribution is -0.121. The number of ether oxygens (including phenoxy) is 2. The van der Waals surface area contributed by atoms with E-state index >= 15 is 0 Å². The highest BCUT2D eigenvalue weighted by molar-refractivity contribution is 14.1. The summed E-state index contributed by atoms with van der Waals surface area (Å²) in [4.78, 5) is 13.0. The maximum absolute atomic E-state index is 13.1. The van der Waals surface area contributed by atoms with Crippen molar-refractivity contribution in [1.29, 1.82) is 0 Å². The lowest BCUT2D eigenvalue weighted by atomic mass is 10.0. The van der Waals surface area contributed by atoms with Crippen LogP contribution in [-0.4, -0.2) is 27.6 Å². The predicted octanol–water partition coefficient (Wildman–Crippen LogP) is 6.51. The molecule has 11 heteroatoms. The van der Waals surface area contributed by atoms with Crippen LogP contribution in [0.25, 0.3) is 0 Å². The van der Waals surface area contributed by atoms with Crippen LogP contribution in [0, 0.1) is 10.5 Å². The van der Waals surface area contributed by atoms with Crippen LogP contribution in [0.2, 0.25) is 0 Å². The molecule has 0 aliphatic heterocycles. The third-order valence-electron chi connectivity index (χ3n) is 6.17. The number of aryl methyl sites for hydroxylation is 1. The Balaban J connectivity index is 1.43. The van der Waals surface area contributed by atoms with Crippen molar-refractivity contribution in [3.8, 4) is 11.5 Å². The molecule has 4 aromatic rings. The first kappa shape index (κ1) is 31.7. The van der Waals surface area contributed by atoms with Crippen LogP contribution >= 0.6 is 38.5 Å². The normalized spacial score (nSPS) is 12.2. The van der Waals surface area contributed by atoms with Gasteiger partial charge in [-0.2, -0.15) is 5.10 Å². The standard InChI is InChI=1S/C31H29BrIN3O5S/c1-21-8-14-26(15-9-21)42(38,39)36-28(24-6-4-3-5-7-24)18-30(37)35-34-19-23-16-27(33)31(29(17-23)40-2)41-20-22-10-12-25(32)13-11-22/h3-17,19,28,36H,18,20H2,1-2H3,(H,35,37)/b34-19-/t28-/m1/s1. The number of hydrogen-bond donors (Lipinski definition) is 2. The van der Waals surface area contributed by atoms with Gasteiger partial charge in [0.05, 0.1) is 27.8 Å². The minimum absolute atomic E-state index is 0.125. The summed E-state index contributed by atoms with van der Waals surface area (Å²) in [5, 5.41) is 4.09. The Morgan fingerprint density at radius 1 is 1.02 bits per heavy atom. The van der Waals surface area contributed by atoms with Crippen molar-refractivity contribution in [2.45, 2.75) is 30.9 Å². The number of hydrazone groups is 1. The Bertz CT molecular complexity index is 1650. The summed E-state index contributed by atoms with van der Waals surface area (Å²) in [5.41, 5.74) is 5.81. The quantitative estimate of drug-likeness (QED) is 0.0974. The van der Waals surface area contributed by atoms with Gasteiger partial charge in [-0.05, 0) is 82.6 Å². The second-order valence-corrected chi connectivity index (χ2v) is 13.1. The number of benzene rings is 4. The number of hydrogen-bond acceptors (Lipinski definition) is 6. The van der Waals surface area contributed by atoms with E-state index in [2.05, 4.69) is 53.8 Å². The summed E-state index contributed by atoms with van der Waals surface area (Å²) in [7, 11) is -2.31. The fraction of sp³-hybridized carbons (Fsp3) is 0.161. The second-order valence-electron chi connectivity index (χ2n) is 9.34. The highest BCUT2D eigenvalue weighted by Gasteiger charge is 2.23. The van der Waals surface area contributed by atoms with E-state index in [0.29, 0.717) is 29.2 Å². The molecule has 0 saturated carbocycles. The summed E-state index contributed by atoms with van der Waals surface area (Å²) in [6.07, 6.45) is 1.34. The first-order valence-electron chi connectivity index (χ1n) is 12.9. The van der Waals surface area contributed by atoms with Gasteiger partial charge in [-0.15, -0.1) is 0 Å². The summed E-state index contributed by atoms with van der Waals surface area (Å²) >= 11 is 5.59. The van der Waals surface area contributed by atoms with Crippen LogP contribution in [-0.2, 0) is 21.4 Å². The largest absolute Gasteiger partial charge is 0.493 e. The van der Waals surface area contributed by atoms with Gasteiger partial charge in [0, 0.05) is 10.9 Å². The van der Waals surface area contributed by atoms with E-state index in [4.69, 9.17) is 9.47 Å². The van der Waals surface area contributed by atoms with Crippen molar-refractivity contribution in [3.05, 3.63) is 121 Å². The molecule has 2 N–H and O–H groups in total. The van der Waals surface area contributed by atoms with Crippen LogP contribution in [0.4, 0.5) is 0 Å². The predicted molar refractivity (Wildman–Crippen MR) is 175 cm³/mol. The molecule has 0 fully saturated rings. The van der Waals surface area contributed by atoms with Crippen molar-refractivity contribution in [3.63, 3.8) is 0 Å². The van der Waals surface area contributed by atoms with Gasteiger partial charge in [-0.1, -0.05) is 76.1 Å². The number of nitrogens with zero attached hydrogens (tertiary/aromatic N) is 1. The monoisotopic (exact) mass is 761 g/mol. The highest BCUT2D eigenvalue weighted by atomic mass is 127. The molecule has 0 saturated heterocycles. The Morgan fingerprint density at radius 3 is 2.38 bits per heavy atom. The SMILES string of the molecule is COc1cc(/C=N\NC(=O)C[C@@H](NS(=O)(=O)c2ccc(C)cc2)c2ccccc2)cc(I)c1OCc1ccc(Br)cc1. The smallest absolute Gasteiger partial charge is 0.242 e. The average molecular weight is 762 g/mol. The zero-order chi connectivity index (χ0) is 30.1. The molecule has 42 heavy (non-hydrogen) atoms. The number of halogens is 2. The Kier molecular flexibility index (Phi) is 11.1. The Morgan fingerprint density at radius 2 is 1.71 bits per heavy atom. The van der Waals surface area contributed by atoms with Crippen LogP contribution in [0.5, 0.6) is 11.5 Å². The summed E-state index contributed by atoms with van der Waals surface area (Å²) in [6.45, 7) is 2.26. The van der Waals surface area contributed by atoms with Gasteiger partial charge in [0.25, 0.3) is 0 Å². The lowest BCUT2D eigenvalue weighted by Crippen LogP contribution is -2.32. The van der Waals surface area contributed by atoms with Crippen LogP contribution in [0.1, 0.15) is 34.7 Å². The van der Waals surface area contributed by atoms with Gasteiger partial charge in [-0.25, -0.2) is 18.6 Å². The highest BCUT2D eigenvalue weighted by Crippen LogP contribution is 2.34. The number of methoxy groups -OCH3 is 1. The van der Waals surface area contributed by atoms with Crippen molar-refractivity contribution < 1.29 is 22.7 Å². The fourth-order valence-electron chi connectivity index (χ4n) is 3.99. The molecule has 0 aromatic heterocycles. The van der Waals surface area contributed by atoms with Gasteiger partial charge >= 0.3 is 0 Å². The number of nitrogens with one attached hydrogen (secondary N) is 2. The van der Waals surface area contributed by atoms with Gasteiger partial charge in [0.15, 0.2) is 11.5 Å². The summed E-state index contributed by atoms with van der Waals surface area (Å²) in [6, 6.07) is 26.2. The molecule has 0 bridgehead atoms. The molecule has 0 unspecified atom stereocenters. The first-order valence-corrected chi connectivity index (χ1v) is 16.2. The molecule has 4 rings (SSSR count). The molecule has 218 valence electrons. The van der Waals surface area contributed by atoms with Gasteiger partial charge in [-0.3, -0.25) is 4.79 Å². The topological polar surface area (TPSA) is 106 Å². The zero-order valence-electron chi connectivity index (χ0n) is 22.9. The molecule has 0 aliphatic carbocycles.